The van der Waals surface area contributed by atoms with E-state index in [0.717, 1.165) is 27.7 Å². The van der Waals surface area contributed by atoms with E-state index in [1.165, 1.54) is 11.3 Å². The highest BCUT2D eigenvalue weighted by Crippen LogP contribution is 2.24. The molecule has 3 rings (SSSR count). The molecule has 2 N–H and O–H groups in total. The molecule has 4 nitrogen and oxygen atoms in total. The van der Waals surface area contributed by atoms with Gasteiger partial charge in [-0.1, -0.05) is 30.3 Å². The monoisotopic (exact) mass is 309 g/mol. The maximum atomic E-state index is 9.29. The molecular formula is C17H15N3OS. The first-order valence-electron chi connectivity index (χ1n) is 6.83. The predicted molar refractivity (Wildman–Crippen MR) is 91.5 cm³/mol. The van der Waals surface area contributed by atoms with Crippen LogP contribution < -0.4 is 5.43 Å². The van der Waals surface area contributed by atoms with E-state index >= 15 is 0 Å². The van der Waals surface area contributed by atoms with Crippen LogP contribution in [0.25, 0.3) is 11.3 Å². The second-order valence-electron chi connectivity index (χ2n) is 4.76. The third kappa shape index (κ3) is 3.32. The van der Waals surface area contributed by atoms with Crippen molar-refractivity contribution in [1.82, 2.24) is 4.98 Å². The summed E-state index contributed by atoms with van der Waals surface area (Å²) in [6.45, 7) is 1.91. The van der Waals surface area contributed by atoms with Gasteiger partial charge in [-0.15, -0.1) is 11.3 Å². The van der Waals surface area contributed by atoms with Crippen molar-refractivity contribution in [3.63, 3.8) is 0 Å². The number of aromatic hydroxyl groups is 1. The van der Waals surface area contributed by atoms with Gasteiger partial charge in [-0.2, -0.15) is 5.10 Å². The topological polar surface area (TPSA) is 57.5 Å². The Kier molecular flexibility index (Phi) is 4.16. The molecule has 0 atom stereocenters. The molecule has 110 valence electrons. The van der Waals surface area contributed by atoms with Crippen LogP contribution >= 0.6 is 11.3 Å². The van der Waals surface area contributed by atoms with Gasteiger partial charge in [0.25, 0.3) is 0 Å². The summed E-state index contributed by atoms with van der Waals surface area (Å²) in [7, 11) is 0. The van der Waals surface area contributed by atoms with E-state index in [4.69, 9.17) is 0 Å². The first-order valence-corrected chi connectivity index (χ1v) is 7.71. The van der Waals surface area contributed by atoms with Crippen molar-refractivity contribution in [1.29, 1.82) is 0 Å². The van der Waals surface area contributed by atoms with Gasteiger partial charge in [-0.05, 0) is 36.8 Å². The Morgan fingerprint density at radius 3 is 2.55 bits per heavy atom. The summed E-state index contributed by atoms with van der Waals surface area (Å²) in [5, 5.41) is 16.4. The molecule has 0 saturated carbocycles. The largest absolute Gasteiger partial charge is 0.508 e. The number of rotatable bonds is 4. The normalized spacial score (nSPS) is 11.4. The lowest BCUT2D eigenvalue weighted by Gasteiger charge is -2.01. The molecule has 5 heteroatoms. The maximum Gasteiger partial charge on any atom is 0.203 e. The second-order valence-corrected chi connectivity index (χ2v) is 5.62. The molecule has 0 aliphatic rings. The molecule has 0 unspecified atom stereocenters. The number of phenolic OH excluding ortho intramolecular Hbond substituents is 1. The SMILES string of the molecule is C/C(=N\Nc1nc(-c2ccccc2)cs1)c1ccc(O)cc1. The highest BCUT2D eigenvalue weighted by molar-refractivity contribution is 7.14. The van der Waals surface area contributed by atoms with E-state index in [1.54, 1.807) is 12.1 Å². The van der Waals surface area contributed by atoms with Crippen molar-refractivity contribution in [3.05, 3.63) is 65.5 Å². The Bertz CT molecular complexity index is 779. The van der Waals surface area contributed by atoms with Gasteiger partial charge in [0.15, 0.2) is 0 Å². The number of phenols is 1. The highest BCUT2D eigenvalue weighted by atomic mass is 32.1. The third-order valence-corrected chi connectivity index (χ3v) is 3.93. The molecule has 0 aliphatic heterocycles. The minimum atomic E-state index is 0.247. The molecule has 2 aromatic carbocycles. The number of thiazole rings is 1. The fourth-order valence-corrected chi connectivity index (χ4v) is 2.63. The minimum absolute atomic E-state index is 0.247. The predicted octanol–water partition coefficient (Wildman–Crippen LogP) is 4.35. The summed E-state index contributed by atoms with van der Waals surface area (Å²) in [4.78, 5) is 4.52. The van der Waals surface area contributed by atoms with E-state index in [1.807, 2.05) is 54.8 Å². The lowest BCUT2D eigenvalue weighted by molar-refractivity contribution is 0.475. The summed E-state index contributed by atoms with van der Waals surface area (Å²) in [6, 6.07) is 17.0. The lowest BCUT2D eigenvalue weighted by atomic mass is 10.1. The third-order valence-electron chi connectivity index (χ3n) is 3.18. The summed E-state index contributed by atoms with van der Waals surface area (Å²) >= 11 is 1.51. The fourth-order valence-electron chi connectivity index (χ4n) is 1.97. The lowest BCUT2D eigenvalue weighted by Crippen LogP contribution is -1.99. The van der Waals surface area contributed by atoms with Gasteiger partial charge < -0.3 is 5.11 Å². The van der Waals surface area contributed by atoms with Crippen molar-refractivity contribution in [2.45, 2.75) is 6.92 Å². The number of nitrogens with zero attached hydrogens (tertiary/aromatic N) is 2. The summed E-state index contributed by atoms with van der Waals surface area (Å²) in [5.41, 5.74) is 6.78. The molecule has 1 heterocycles. The average Bonchev–Trinajstić information content (AvgIpc) is 3.03. The smallest absolute Gasteiger partial charge is 0.203 e. The summed E-state index contributed by atoms with van der Waals surface area (Å²) < 4.78 is 0. The molecule has 0 fully saturated rings. The zero-order chi connectivity index (χ0) is 15.4. The number of hydrogen-bond donors (Lipinski definition) is 2. The van der Waals surface area contributed by atoms with E-state index in [9.17, 15) is 5.11 Å². The van der Waals surface area contributed by atoms with Gasteiger partial charge >= 0.3 is 0 Å². The zero-order valence-electron chi connectivity index (χ0n) is 12.0. The number of aromatic nitrogens is 1. The molecule has 0 spiro atoms. The molecule has 22 heavy (non-hydrogen) atoms. The van der Waals surface area contributed by atoms with Gasteiger partial charge in [0.1, 0.15) is 5.75 Å². The minimum Gasteiger partial charge on any atom is -0.508 e. The van der Waals surface area contributed by atoms with Crippen LogP contribution in [0.2, 0.25) is 0 Å². The molecular weight excluding hydrogens is 294 g/mol. The Morgan fingerprint density at radius 1 is 1.09 bits per heavy atom. The zero-order valence-corrected chi connectivity index (χ0v) is 12.8. The van der Waals surface area contributed by atoms with Crippen LogP contribution in [0.1, 0.15) is 12.5 Å². The number of nitrogens with one attached hydrogen (secondary N) is 1. The standard InChI is InChI=1S/C17H15N3OS/c1-12(13-7-9-15(21)10-8-13)19-20-17-18-16(11-22-17)14-5-3-2-4-6-14/h2-11,21H,1H3,(H,18,20)/b19-12+. The van der Waals surface area contributed by atoms with Crippen molar-refractivity contribution < 1.29 is 5.11 Å². The van der Waals surface area contributed by atoms with Crippen LogP contribution in [-0.4, -0.2) is 15.8 Å². The van der Waals surface area contributed by atoms with Gasteiger partial charge in [-0.3, -0.25) is 5.43 Å². The Hall–Kier alpha value is -2.66. The number of hydrogen-bond acceptors (Lipinski definition) is 5. The van der Waals surface area contributed by atoms with Crippen LogP contribution in [0.15, 0.2) is 65.1 Å². The van der Waals surface area contributed by atoms with Crippen LogP contribution in [0, 0.1) is 0 Å². The van der Waals surface area contributed by atoms with Crippen LogP contribution in [-0.2, 0) is 0 Å². The highest BCUT2D eigenvalue weighted by Gasteiger charge is 2.04. The molecule has 1 aromatic heterocycles. The Morgan fingerprint density at radius 2 is 1.82 bits per heavy atom. The molecule has 0 bridgehead atoms. The average molecular weight is 309 g/mol. The first kappa shape index (κ1) is 14.3. The van der Waals surface area contributed by atoms with Crippen LogP contribution in [0.5, 0.6) is 5.75 Å². The van der Waals surface area contributed by atoms with Gasteiger partial charge in [0.05, 0.1) is 11.4 Å². The van der Waals surface area contributed by atoms with Crippen LogP contribution in [0.3, 0.4) is 0 Å². The molecule has 0 aliphatic carbocycles. The van der Waals surface area contributed by atoms with Crippen molar-refractivity contribution in [2.75, 3.05) is 5.43 Å². The molecule has 0 radical (unpaired) electrons. The van der Waals surface area contributed by atoms with Crippen LogP contribution in [0.4, 0.5) is 5.13 Å². The number of anilines is 1. The number of hydrazone groups is 1. The van der Waals surface area contributed by atoms with Crippen molar-refractivity contribution in [2.24, 2.45) is 5.10 Å². The van der Waals surface area contributed by atoms with E-state index in [2.05, 4.69) is 15.5 Å². The molecule has 3 aromatic rings. The number of benzene rings is 2. The molecule has 0 amide bonds. The van der Waals surface area contributed by atoms with Gasteiger partial charge in [0, 0.05) is 10.9 Å². The molecule has 0 saturated heterocycles. The van der Waals surface area contributed by atoms with E-state index in [-0.39, 0.29) is 5.75 Å². The van der Waals surface area contributed by atoms with E-state index in [0.29, 0.717) is 0 Å². The van der Waals surface area contributed by atoms with Gasteiger partial charge in [-0.25, -0.2) is 4.98 Å². The second kappa shape index (κ2) is 6.41. The quantitative estimate of drug-likeness (QED) is 0.556. The Labute approximate surface area is 132 Å². The van der Waals surface area contributed by atoms with Gasteiger partial charge in [0.2, 0.25) is 5.13 Å². The summed E-state index contributed by atoms with van der Waals surface area (Å²) in [5.74, 6) is 0.247. The summed E-state index contributed by atoms with van der Waals surface area (Å²) in [6.07, 6.45) is 0. The Balaban J connectivity index is 1.73. The maximum absolute atomic E-state index is 9.29. The first-order chi connectivity index (χ1) is 10.7. The van der Waals surface area contributed by atoms with Crippen molar-refractivity contribution in [3.8, 4) is 17.0 Å². The van der Waals surface area contributed by atoms with E-state index < -0.39 is 0 Å². The fraction of sp³-hybridized carbons (Fsp3) is 0.0588. The van der Waals surface area contributed by atoms with Crippen molar-refractivity contribution >= 4 is 22.2 Å².